The molecule has 0 aliphatic carbocycles. The number of amides is 1. The van der Waals surface area contributed by atoms with Crippen LogP contribution in [0.2, 0.25) is 0 Å². The number of carboxylic acid groups (broad SMARTS) is 1. The highest BCUT2D eigenvalue weighted by Crippen LogP contribution is 2.10. The Balaban J connectivity index is 2.54. The van der Waals surface area contributed by atoms with Crippen LogP contribution in [0.25, 0.3) is 0 Å². The molecule has 0 spiro atoms. The number of carbonyl (C=O) groups is 1. The zero-order valence-electron chi connectivity index (χ0n) is 6.78. The van der Waals surface area contributed by atoms with E-state index in [1.165, 1.54) is 4.90 Å². The summed E-state index contributed by atoms with van der Waals surface area (Å²) in [4.78, 5) is 12.0. The SMILES string of the molecule is CC1CN(C(=O)O)C(C)CO1. The summed E-state index contributed by atoms with van der Waals surface area (Å²) in [5, 5.41) is 8.70. The molecule has 1 saturated heterocycles. The summed E-state index contributed by atoms with van der Waals surface area (Å²) in [5.41, 5.74) is 0. The van der Waals surface area contributed by atoms with Crippen LogP contribution in [0.15, 0.2) is 0 Å². The Hall–Kier alpha value is -0.770. The number of rotatable bonds is 0. The van der Waals surface area contributed by atoms with Gasteiger partial charge in [0.25, 0.3) is 0 Å². The molecule has 64 valence electrons. The van der Waals surface area contributed by atoms with Crippen LogP contribution in [0.4, 0.5) is 4.79 Å². The van der Waals surface area contributed by atoms with E-state index in [-0.39, 0.29) is 12.1 Å². The molecule has 0 bridgehead atoms. The van der Waals surface area contributed by atoms with Crippen LogP contribution in [0, 0.1) is 0 Å². The van der Waals surface area contributed by atoms with Gasteiger partial charge < -0.3 is 14.7 Å². The van der Waals surface area contributed by atoms with E-state index in [1.54, 1.807) is 0 Å². The van der Waals surface area contributed by atoms with E-state index in [0.29, 0.717) is 13.2 Å². The molecule has 1 rings (SSSR count). The second-order valence-corrected chi connectivity index (χ2v) is 2.93. The van der Waals surface area contributed by atoms with Crippen molar-refractivity contribution >= 4 is 6.09 Å². The highest BCUT2D eigenvalue weighted by molar-refractivity contribution is 5.65. The van der Waals surface area contributed by atoms with Gasteiger partial charge in [-0.05, 0) is 13.8 Å². The molecule has 2 unspecified atom stereocenters. The standard InChI is InChI=1S/C7H13NO3/c1-5-4-11-6(2)3-8(5)7(9)10/h5-6H,3-4H2,1-2H3,(H,9,10). The van der Waals surface area contributed by atoms with E-state index in [4.69, 9.17) is 9.84 Å². The van der Waals surface area contributed by atoms with Gasteiger partial charge >= 0.3 is 6.09 Å². The molecule has 1 aliphatic heterocycles. The first kappa shape index (κ1) is 8.33. The average Bonchev–Trinajstić information content (AvgIpc) is 1.94. The Labute approximate surface area is 65.8 Å². The van der Waals surface area contributed by atoms with E-state index < -0.39 is 6.09 Å². The van der Waals surface area contributed by atoms with Gasteiger partial charge in [-0.15, -0.1) is 0 Å². The number of morpholine rings is 1. The van der Waals surface area contributed by atoms with Crippen LogP contribution in [0.3, 0.4) is 0 Å². The Bertz CT molecular complexity index is 160. The van der Waals surface area contributed by atoms with E-state index >= 15 is 0 Å². The van der Waals surface area contributed by atoms with Gasteiger partial charge in [0.05, 0.1) is 25.3 Å². The third-order valence-corrected chi connectivity index (χ3v) is 1.85. The maximum atomic E-state index is 10.6. The molecule has 1 fully saturated rings. The van der Waals surface area contributed by atoms with Crippen molar-refractivity contribution in [2.75, 3.05) is 13.2 Å². The predicted octanol–water partition coefficient (Wildman–Crippen LogP) is 0.774. The fourth-order valence-electron chi connectivity index (χ4n) is 1.17. The molecule has 2 atom stereocenters. The topological polar surface area (TPSA) is 49.8 Å². The first-order valence-electron chi connectivity index (χ1n) is 3.72. The Morgan fingerprint density at radius 1 is 1.64 bits per heavy atom. The quantitative estimate of drug-likeness (QED) is 0.568. The first-order valence-corrected chi connectivity index (χ1v) is 3.72. The van der Waals surface area contributed by atoms with Crippen LogP contribution in [-0.2, 0) is 4.74 Å². The molecular formula is C7H13NO3. The smallest absolute Gasteiger partial charge is 0.407 e. The average molecular weight is 159 g/mol. The molecule has 0 radical (unpaired) electrons. The summed E-state index contributed by atoms with van der Waals surface area (Å²) in [5.74, 6) is 0. The molecule has 1 N–H and O–H groups in total. The minimum absolute atomic E-state index is 0.0105. The summed E-state index contributed by atoms with van der Waals surface area (Å²) in [6.45, 7) is 4.71. The maximum absolute atomic E-state index is 10.6. The van der Waals surface area contributed by atoms with Gasteiger partial charge in [0.2, 0.25) is 0 Å². The van der Waals surface area contributed by atoms with Gasteiger partial charge in [-0.3, -0.25) is 0 Å². The maximum Gasteiger partial charge on any atom is 0.407 e. The van der Waals surface area contributed by atoms with Crippen LogP contribution in [0.5, 0.6) is 0 Å². The van der Waals surface area contributed by atoms with Crippen molar-refractivity contribution in [1.29, 1.82) is 0 Å². The molecular weight excluding hydrogens is 146 g/mol. The summed E-state index contributed by atoms with van der Waals surface area (Å²) < 4.78 is 5.27. The van der Waals surface area contributed by atoms with Gasteiger partial charge in [-0.25, -0.2) is 4.79 Å². The van der Waals surface area contributed by atoms with E-state index in [2.05, 4.69) is 0 Å². The summed E-state index contributed by atoms with van der Waals surface area (Å²) in [6.07, 6.45) is -0.824. The van der Waals surface area contributed by atoms with E-state index in [1.807, 2.05) is 13.8 Å². The van der Waals surface area contributed by atoms with Gasteiger partial charge in [0.1, 0.15) is 0 Å². The fraction of sp³-hybridized carbons (Fsp3) is 0.857. The lowest BCUT2D eigenvalue weighted by Crippen LogP contribution is -2.49. The second kappa shape index (κ2) is 3.09. The fourth-order valence-corrected chi connectivity index (χ4v) is 1.17. The molecule has 11 heavy (non-hydrogen) atoms. The third-order valence-electron chi connectivity index (χ3n) is 1.85. The molecule has 0 aromatic carbocycles. The summed E-state index contributed by atoms with van der Waals surface area (Å²) >= 11 is 0. The third kappa shape index (κ3) is 1.83. The van der Waals surface area contributed by atoms with Crippen molar-refractivity contribution in [2.45, 2.75) is 26.0 Å². The van der Waals surface area contributed by atoms with Crippen molar-refractivity contribution in [2.24, 2.45) is 0 Å². The lowest BCUT2D eigenvalue weighted by atomic mass is 10.2. The monoisotopic (exact) mass is 159 g/mol. The van der Waals surface area contributed by atoms with Crippen molar-refractivity contribution in [3.63, 3.8) is 0 Å². The Morgan fingerprint density at radius 3 is 2.73 bits per heavy atom. The first-order chi connectivity index (χ1) is 5.11. The number of hydrogen-bond donors (Lipinski definition) is 1. The van der Waals surface area contributed by atoms with Crippen LogP contribution < -0.4 is 0 Å². The molecule has 4 heteroatoms. The molecule has 1 amide bonds. The lowest BCUT2D eigenvalue weighted by molar-refractivity contribution is -0.0401. The second-order valence-electron chi connectivity index (χ2n) is 2.93. The molecule has 0 saturated carbocycles. The van der Waals surface area contributed by atoms with Crippen molar-refractivity contribution in [1.82, 2.24) is 4.90 Å². The predicted molar refractivity (Wildman–Crippen MR) is 39.6 cm³/mol. The number of ether oxygens (including phenoxy) is 1. The largest absolute Gasteiger partial charge is 0.465 e. The summed E-state index contributed by atoms with van der Waals surface area (Å²) in [7, 11) is 0. The highest BCUT2D eigenvalue weighted by Gasteiger charge is 2.26. The molecule has 1 aliphatic rings. The van der Waals surface area contributed by atoms with Gasteiger partial charge in [-0.2, -0.15) is 0 Å². The minimum atomic E-state index is -0.854. The van der Waals surface area contributed by atoms with E-state index in [0.717, 1.165) is 0 Å². The highest BCUT2D eigenvalue weighted by atomic mass is 16.5. The van der Waals surface area contributed by atoms with Gasteiger partial charge in [-0.1, -0.05) is 0 Å². The van der Waals surface area contributed by atoms with Crippen molar-refractivity contribution < 1.29 is 14.6 Å². The zero-order valence-corrected chi connectivity index (χ0v) is 6.78. The van der Waals surface area contributed by atoms with Crippen molar-refractivity contribution in [3.8, 4) is 0 Å². The van der Waals surface area contributed by atoms with Gasteiger partial charge in [0, 0.05) is 0 Å². The Morgan fingerprint density at radius 2 is 2.27 bits per heavy atom. The number of nitrogens with zero attached hydrogens (tertiary/aromatic N) is 1. The molecule has 0 aromatic rings. The van der Waals surface area contributed by atoms with Gasteiger partial charge in [0.15, 0.2) is 0 Å². The van der Waals surface area contributed by atoms with Crippen LogP contribution >= 0.6 is 0 Å². The van der Waals surface area contributed by atoms with Crippen LogP contribution in [-0.4, -0.2) is 41.4 Å². The minimum Gasteiger partial charge on any atom is -0.465 e. The molecule has 4 nitrogen and oxygen atoms in total. The summed E-state index contributed by atoms with van der Waals surface area (Å²) in [6, 6.07) is -0.0105. The van der Waals surface area contributed by atoms with E-state index in [9.17, 15) is 4.79 Å². The Kier molecular flexibility index (Phi) is 2.34. The van der Waals surface area contributed by atoms with Crippen LogP contribution in [0.1, 0.15) is 13.8 Å². The number of hydrogen-bond acceptors (Lipinski definition) is 2. The zero-order chi connectivity index (χ0) is 8.43. The normalized spacial score (nSPS) is 32.0. The molecule has 0 aromatic heterocycles. The lowest BCUT2D eigenvalue weighted by Gasteiger charge is -2.34. The molecule has 1 heterocycles. The van der Waals surface area contributed by atoms with Crippen molar-refractivity contribution in [3.05, 3.63) is 0 Å².